The molecule has 1 unspecified atom stereocenters. The second-order valence-corrected chi connectivity index (χ2v) is 5.63. The number of nitrogens with one attached hydrogen (secondary N) is 2. The fraction of sp³-hybridized carbons (Fsp3) is 0.294. The third-order valence-corrected chi connectivity index (χ3v) is 3.64. The van der Waals surface area contributed by atoms with E-state index < -0.39 is 0 Å². The molecule has 5 heteroatoms. The summed E-state index contributed by atoms with van der Waals surface area (Å²) in [5.74, 6) is -0.192. The predicted molar refractivity (Wildman–Crippen MR) is 90.2 cm³/mol. The summed E-state index contributed by atoms with van der Waals surface area (Å²) in [6.07, 6.45) is 2.66. The first-order valence-corrected chi connectivity index (χ1v) is 7.71. The molecule has 1 aromatic heterocycles. The summed E-state index contributed by atoms with van der Waals surface area (Å²) in [5, 5.41) is 6.87. The third kappa shape index (κ3) is 4.74. The van der Waals surface area contributed by atoms with Crippen molar-refractivity contribution < 1.29 is 4.79 Å². The molecule has 4 nitrogen and oxygen atoms in total. The Hall–Kier alpha value is -2.07. The Morgan fingerprint density at radius 2 is 2.00 bits per heavy atom. The van der Waals surface area contributed by atoms with Crippen molar-refractivity contribution in [3.63, 3.8) is 0 Å². The Balaban J connectivity index is 1.97. The highest BCUT2D eigenvalue weighted by atomic mass is 35.5. The number of aromatic nitrogens is 1. The monoisotopic (exact) mass is 317 g/mol. The Morgan fingerprint density at radius 1 is 1.27 bits per heavy atom. The van der Waals surface area contributed by atoms with Gasteiger partial charge in [-0.15, -0.1) is 0 Å². The number of hydrogen-bond acceptors (Lipinski definition) is 3. The van der Waals surface area contributed by atoms with Crippen LogP contribution in [-0.2, 0) is 6.54 Å². The fourth-order valence-electron chi connectivity index (χ4n) is 1.91. The molecule has 0 bridgehead atoms. The molecule has 22 heavy (non-hydrogen) atoms. The average Bonchev–Trinajstić information content (AvgIpc) is 2.54. The van der Waals surface area contributed by atoms with Crippen molar-refractivity contribution in [2.24, 2.45) is 0 Å². The second kappa shape index (κ2) is 7.80. The molecule has 0 aliphatic carbocycles. The van der Waals surface area contributed by atoms with Gasteiger partial charge in [-0.3, -0.25) is 9.78 Å². The topological polar surface area (TPSA) is 54.0 Å². The Bertz CT molecular complexity index is 628. The Kier molecular flexibility index (Phi) is 5.78. The SMILES string of the molecule is CCC(C)Nc1ccnc(C(=O)NCc2ccc(Cl)cc2)c1. The highest BCUT2D eigenvalue weighted by Gasteiger charge is 2.08. The molecule has 0 aliphatic heterocycles. The maximum absolute atomic E-state index is 12.2. The van der Waals surface area contributed by atoms with Crippen LogP contribution in [0.1, 0.15) is 36.3 Å². The quantitative estimate of drug-likeness (QED) is 0.850. The number of pyridine rings is 1. The van der Waals surface area contributed by atoms with Crippen molar-refractivity contribution >= 4 is 23.2 Å². The largest absolute Gasteiger partial charge is 0.382 e. The predicted octanol–water partition coefficient (Wildman–Crippen LogP) is 3.88. The number of halogens is 1. The van der Waals surface area contributed by atoms with Crippen LogP contribution in [0, 0.1) is 0 Å². The number of nitrogens with zero attached hydrogens (tertiary/aromatic N) is 1. The van der Waals surface area contributed by atoms with E-state index in [-0.39, 0.29) is 5.91 Å². The standard InChI is InChI=1S/C17H20ClN3O/c1-3-12(2)21-15-8-9-19-16(10-15)17(22)20-11-13-4-6-14(18)7-5-13/h4-10,12H,3,11H2,1-2H3,(H,19,21)(H,20,22). The lowest BCUT2D eigenvalue weighted by Crippen LogP contribution is -2.24. The van der Waals surface area contributed by atoms with E-state index in [1.165, 1.54) is 0 Å². The summed E-state index contributed by atoms with van der Waals surface area (Å²) < 4.78 is 0. The van der Waals surface area contributed by atoms with E-state index in [4.69, 9.17) is 11.6 Å². The van der Waals surface area contributed by atoms with Gasteiger partial charge in [0.05, 0.1) is 0 Å². The van der Waals surface area contributed by atoms with Gasteiger partial charge in [-0.05, 0) is 43.2 Å². The maximum Gasteiger partial charge on any atom is 0.270 e. The van der Waals surface area contributed by atoms with Crippen molar-refractivity contribution in [3.05, 3.63) is 58.9 Å². The molecule has 0 spiro atoms. The van der Waals surface area contributed by atoms with Gasteiger partial charge in [0.15, 0.2) is 0 Å². The van der Waals surface area contributed by atoms with Crippen molar-refractivity contribution in [1.29, 1.82) is 0 Å². The first-order valence-electron chi connectivity index (χ1n) is 7.33. The summed E-state index contributed by atoms with van der Waals surface area (Å²) in [6, 6.07) is 11.4. The van der Waals surface area contributed by atoms with Crippen LogP contribution in [0.3, 0.4) is 0 Å². The van der Waals surface area contributed by atoms with Gasteiger partial charge >= 0.3 is 0 Å². The number of carbonyl (C=O) groups is 1. The number of rotatable bonds is 6. The lowest BCUT2D eigenvalue weighted by Gasteiger charge is -2.13. The minimum absolute atomic E-state index is 0.192. The van der Waals surface area contributed by atoms with Crippen LogP contribution in [0.15, 0.2) is 42.6 Å². The molecule has 2 N–H and O–H groups in total. The van der Waals surface area contributed by atoms with E-state index in [1.807, 2.05) is 18.2 Å². The van der Waals surface area contributed by atoms with Crippen LogP contribution in [-0.4, -0.2) is 16.9 Å². The summed E-state index contributed by atoms with van der Waals surface area (Å²) in [7, 11) is 0. The zero-order valence-electron chi connectivity index (χ0n) is 12.8. The highest BCUT2D eigenvalue weighted by Crippen LogP contribution is 2.12. The molecule has 1 amide bonds. The van der Waals surface area contributed by atoms with Gasteiger partial charge in [-0.1, -0.05) is 30.7 Å². The minimum Gasteiger partial charge on any atom is -0.382 e. The molecular formula is C17H20ClN3O. The Morgan fingerprint density at radius 3 is 2.68 bits per heavy atom. The maximum atomic E-state index is 12.2. The van der Waals surface area contributed by atoms with E-state index >= 15 is 0 Å². The van der Waals surface area contributed by atoms with Crippen molar-refractivity contribution in [1.82, 2.24) is 10.3 Å². The Labute approximate surface area is 135 Å². The number of amides is 1. The average molecular weight is 318 g/mol. The second-order valence-electron chi connectivity index (χ2n) is 5.19. The summed E-state index contributed by atoms with van der Waals surface area (Å²) in [5.41, 5.74) is 2.30. The molecular weight excluding hydrogens is 298 g/mol. The summed E-state index contributed by atoms with van der Waals surface area (Å²) in [4.78, 5) is 16.3. The van der Waals surface area contributed by atoms with Gasteiger partial charge in [0, 0.05) is 29.5 Å². The number of hydrogen-bond donors (Lipinski definition) is 2. The van der Waals surface area contributed by atoms with Crippen molar-refractivity contribution in [2.45, 2.75) is 32.9 Å². The minimum atomic E-state index is -0.192. The van der Waals surface area contributed by atoms with Gasteiger partial charge in [0.25, 0.3) is 5.91 Å². The van der Waals surface area contributed by atoms with Gasteiger partial charge in [-0.25, -0.2) is 0 Å². The van der Waals surface area contributed by atoms with E-state index in [0.717, 1.165) is 17.7 Å². The summed E-state index contributed by atoms with van der Waals surface area (Å²) >= 11 is 5.84. The highest BCUT2D eigenvalue weighted by molar-refractivity contribution is 6.30. The van der Waals surface area contributed by atoms with E-state index in [9.17, 15) is 4.79 Å². The lowest BCUT2D eigenvalue weighted by molar-refractivity contribution is 0.0946. The zero-order chi connectivity index (χ0) is 15.9. The van der Waals surface area contributed by atoms with Gasteiger partial charge < -0.3 is 10.6 Å². The van der Waals surface area contributed by atoms with Crippen LogP contribution in [0.2, 0.25) is 5.02 Å². The molecule has 0 saturated heterocycles. The normalized spacial score (nSPS) is 11.8. The van der Waals surface area contributed by atoms with Crippen LogP contribution < -0.4 is 10.6 Å². The number of anilines is 1. The molecule has 2 aromatic rings. The first-order chi connectivity index (χ1) is 10.6. The number of carbonyl (C=O) groups excluding carboxylic acids is 1. The number of benzene rings is 1. The lowest BCUT2D eigenvalue weighted by atomic mass is 10.2. The van der Waals surface area contributed by atoms with Gasteiger partial charge in [0.2, 0.25) is 0 Å². The molecule has 1 heterocycles. The molecule has 1 atom stereocenters. The molecule has 0 saturated carbocycles. The van der Waals surface area contributed by atoms with Crippen molar-refractivity contribution in [3.8, 4) is 0 Å². The molecule has 0 fully saturated rings. The zero-order valence-corrected chi connectivity index (χ0v) is 13.5. The first kappa shape index (κ1) is 16.3. The molecule has 0 radical (unpaired) electrons. The summed E-state index contributed by atoms with van der Waals surface area (Å²) in [6.45, 7) is 4.65. The van der Waals surface area contributed by atoms with Gasteiger partial charge in [0.1, 0.15) is 5.69 Å². The smallest absolute Gasteiger partial charge is 0.270 e. The van der Waals surface area contributed by atoms with Crippen LogP contribution in [0.25, 0.3) is 0 Å². The third-order valence-electron chi connectivity index (χ3n) is 3.38. The van der Waals surface area contributed by atoms with Crippen LogP contribution in [0.5, 0.6) is 0 Å². The molecule has 0 aliphatic rings. The van der Waals surface area contributed by atoms with E-state index in [0.29, 0.717) is 23.3 Å². The fourth-order valence-corrected chi connectivity index (χ4v) is 2.03. The molecule has 1 aromatic carbocycles. The van der Waals surface area contributed by atoms with E-state index in [1.54, 1.807) is 24.4 Å². The molecule has 2 rings (SSSR count). The van der Waals surface area contributed by atoms with Crippen LogP contribution >= 0.6 is 11.6 Å². The van der Waals surface area contributed by atoms with Crippen molar-refractivity contribution in [2.75, 3.05) is 5.32 Å². The molecule has 116 valence electrons. The van der Waals surface area contributed by atoms with Gasteiger partial charge in [-0.2, -0.15) is 0 Å². The van der Waals surface area contributed by atoms with Crippen LogP contribution in [0.4, 0.5) is 5.69 Å². The van der Waals surface area contributed by atoms with E-state index in [2.05, 4.69) is 29.5 Å².